The molecule has 0 aromatic heterocycles. The number of benzene rings is 2. The lowest BCUT2D eigenvalue weighted by molar-refractivity contribution is -0.137. The number of amides is 1. The largest absolute Gasteiger partial charge is 0.491 e. The summed E-state index contributed by atoms with van der Waals surface area (Å²) >= 11 is 0. The molecule has 1 heterocycles. The summed E-state index contributed by atoms with van der Waals surface area (Å²) in [7, 11) is 1.68. The Morgan fingerprint density at radius 3 is 2.47 bits per heavy atom. The number of anilines is 1. The number of piperazine rings is 1. The number of hydrogen-bond donors (Lipinski definition) is 0. The summed E-state index contributed by atoms with van der Waals surface area (Å²) in [6, 6.07) is 8.76. The molecule has 4 rings (SSSR count). The molecule has 2 aliphatic rings. The molecule has 2 unspecified atom stereocenters. The van der Waals surface area contributed by atoms with Crippen LogP contribution in [-0.2, 0) is 22.4 Å². The highest BCUT2D eigenvalue weighted by Crippen LogP contribution is 2.38. The van der Waals surface area contributed by atoms with Gasteiger partial charge in [-0.2, -0.15) is 0 Å². The minimum absolute atomic E-state index is 0.0108. The van der Waals surface area contributed by atoms with E-state index in [0.29, 0.717) is 32.2 Å². The Balaban J connectivity index is 1.39. The molecule has 1 amide bonds. The Labute approximate surface area is 202 Å². The van der Waals surface area contributed by atoms with Crippen LogP contribution in [0.2, 0.25) is 0 Å². The molecule has 6 heteroatoms. The first-order chi connectivity index (χ1) is 16.4. The second-order valence-electron chi connectivity index (χ2n) is 9.70. The monoisotopic (exact) mass is 468 g/mol. The summed E-state index contributed by atoms with van der Waals surface area (Å²) < 4.78 is 24.4. The van der Waals surface area contributed by atoms with Crippen molar-refractivity contribution in [1.82, 2.24) is 4.90 Å². The summed E-state index contributed by atoms with van der Waals surface area (Å²) in [4.78, 5) is 17.7. The van der Waals surface area contributed by atoms with E-state index < -0.39 is 0 Å². The quantitative estimate of drug-likeness (QED) is 0.559. The van der Waals surface area contributed by atoms with Crippen LogP contribution in [0.1, 0.15) is 35.6 Å². The molecular weight excluding hydrogens is 431 g/mol. The maximum atomic E-state index is 13.4. The molecule has 0 spiro atoms. The molecule has 1 aliphatic carbocycles. The Morgan fingerprint density at radius 2 is 1.79 bits per heavy atom. The lowest BCUT2D eigenvalue weighted by Gasteiger charge is -2.39. The highest BCUT2D eigenvalue weighted by atomic mass is 19.1. The Bertz CT molecular complexity index is 1000. The normalized spacial score (nSPS) is 19.0. The van der Waals surface area contributed by atoms with Crippen molar-refractivity contribution >= 4 is 11.6 Å². The van der Waals surface area contributed by atoms with Gasteiger partial charge in [0, 0.05) is 44.9 Å². The summed E-state index contributed by atoms with van der Waals surface area (Å²) in [5.41, 5.74) is 6.29. The average molecular weight is 469 g/mol. The van der Waals surface area contributed by atoms with E-state index in [2.05, 4.69) is 31.7 Å². The van der Waals surface area contributed by atoms with Crippen LogP contribution < -0.4 is 9.64 Å². The fourth-order valence-electron chi connectivity index (χ4n) is 5.46. The maximum absolute atomic E-state index is 13.4. The van der Waals surface area contributed by atoms with Gasteiger partial charge in [-0.05, 0) is 91.6 Å². The second kappa shape index (κ2) is 10.8. The van der Waals surface area contributed by atoms with E-state index in [1.54, 1.807) is 7.11 Å². The van der Waals surface area contributed by atoms with Crippen molar-refractivity contribution < 1.29 is 18.7 Å². The molecule has 1 fully saturated rings. The van der Waals surface area contributed by atoms with Crippen molar-refractivity contribution in [3.63, 3.8) is 0 Å². The van der Waals surface area contributed by atoms with Gasteiger partial charge in [-0.25, -0.2) is 4.39 Å². The van der Waals surface area contributed by atoms with Crippen LogP contribution in [0.4, 0.5) is 10.1 Å². The molecule has 2 atom stereocenters. The second-order valence-corrected chi connectivity index (χ2v) is 9.70. The van der Waals surface area contributed by atoms with Crippen LogP contribution in [-0.4, -0.2) is 57.3 Å². The lowest BCUT2D eigenvalue weighted by Crippen LogP contribution is -2.51. The molecule has 0 bridgehead atoms. The van der Waals surface area contributed by atoms with E-state index in [4.69, 9.17) is 9.47 Å². The van der Waals surface area contributed by atoms with Gasteiger partial charge in [0.2, 0.25) is 5.91 Å². The lowest BCUT2D eigenvalue weighted by atomic mass is 9.74. The summed E-state index contributed by atoms with van der Waals surface area (Å²) in [5, 5.41) is 0. The van der Waals surface area contributed by atoms with Crippen molar-refractivity contribution in [3.8, 4) is 5.75 Å². The van der Waals surface area contributed by atoms with E-state index >= 15 is 0 Å². The van der Waals surface area contributed by atoms with Gasteiger partial charge in [-0.15, -0.1) is 0 Å². The van der Waals surface area contributed by atoms with Gasteiger partial charge in [-0.1, -0.05) is 6.92 Å². The fourth-order valence-corrected chi connectivity index (χ4v) is 5.46. The maximum Gasteiger partial charge on any atom is 0.225 e. The molecule has 0 radical (unpaired) electrons. The molecule has 0 saturated carbocycles. The summed E-state index contributed by atoms with van der Waals surface area (Å²) in [5.74, 6) is 1.30. The van der Waals surface area contributed by atoms with Crippen molar-refractivity contribution in [2.75, 3.05) is 51.4 Å². The van der Waals surface area contributed by atoms with Crippen LogP contribution >= 0.6 is 0 Å². The molecule has 1 saturated heterocycles. The van der Waals surface area contributed by atoms with E-state index in [0.717, 1.165) is 43.8 Å². The van der Waals surface area contributed by atoms with Crippen LogP contribution in [0.5, 0.6) is 5.75 Å². The van der Waals surface area contributed by atoms with Crippen LogP contribution in [0.25, 0.3) is 0 Å². The number of methoxy groups -OCH3 is 1. The zero-order valence-electron chi connectivity index (χ0n) is 20.9. The zero-order valence-corrected chi connectivity index (χ0v) is 20.9. The van der Waals surface area contributed by atoms with Gasteiger partial charge in [0.25, 0.3) is 0 Å². The summed E-state index contributed by atoms with van der Waals surface area (Å²) in [6.45, 7) is 10.5. The number of aryl methyl sites for hydroxylation is 1. The first kappa shape index (κ1) is 24.5. The highest BCUT2D eigenvalue weighted by molar-refractivity contribution is 5.79. The molecule has 184 valence electrons. The molecular formula is C28H37FN2O3. The van der Waals surface area contributed by atoms with Crippen LogP contribution in [0.3, 0.4) is 0 Å². The van der Waals surface area contributed by atoms with Crippen molar-refractivity contribution in [1.29, 1.82) is 0 Å². The fraction of sp³-hybridized carbons (Fsp3) is 0.536. The van der Waals surface area contributed by atoms with E-state index in [-0.39, 0.29) is 17.6 Å². The molecule has 1 aliphatic heterocycles. The predicted molar refractivity (Wildman–Crippen MR) is 133 cm³/mol. The van der Waals surface area contributed by atoms with Crippen LogP contribution in [0, 0.1) is 31.5 Å². The number of halogens is 1. The first-order valence-corrected chi connectivity index (χ1v) is 12.4. The van der Waals surface area contributed by atoms with Gasteiger partial charge in [0.15, 0.2) is 0 Å². The average Bonchev–Trinajstić information content (AvgIpc) is 2.86. The number of fused-ring (bicyclic) bond motifs is 1. The minimum Gasteiger partial charge on any atom is -0.491 e. The van der Waals surface area contributed by atoms with Gasteiger partial charge >= 0.3 is 0 Å². The SMILES string of the molecule is COCCOc1cc(C)c2c(c1C)CC(C(C)C(=O)N1CCN(c3ccc(F)cc3)CC1)CC2. The molecule has 5 nitrogen and oxygen atoms in total. The van der Waals surface area contributed by atoms with E-state index in [1.165, 1.54) is 34.4 Å². The van der Waals surface area contributed by atoms with Crippen molar-refractivity contribution in [2.24, 2.45) is 11.8 Å². The number of rotatable bonds is 7. The number of ether oxygens (including phenoxy) is 2. The summed E-state index contributed by atoms with van der Waals surface area (Å²) in [6.07, 6.45) is 2.98. The molecule has 0 N–H and O–H groups in total. The van der Waals surface area contributed by atoms with Crippen molar-refractivity contribution in [2.45, 2.75) is 40.0 Å². The Morgan fingerprint density at radius 1 is 1.09 bits per heavy atom. The third-order valence-corrected chi connectivity index (χ3v) is 7.67. The number of carbonyl (C=O) groups is 1. The molecule has 2 aromatic rings. The van der Waals surface area contributed by atoms with Gasteiger partial charge in [0.05, 0.1) is 6.61 Å². The predicted octanol–water partition coefficient (Wildman–Crippen LogP) is 4.56. The minimum atomic E-state index is -0.223. The zero-order chi connectivity index (χ0) is 24.2. The third-order valence-electron chi connectivity index (χ3n) is 7.67. The van der Waals surface area contributed by atoms with E-state index in [9.17, 15) is 9.18 Å². The molecule has 2 aromatic carbocycles. The van der Waals surface area contributed by atoms with Gasteiger partial charge < -0.3 is 19.3 Å². The Hall–Kier alpha value is -2.60. The van der Waals surface area contributed by atoms with Crippen LogP contribution in [0.15, 0.2) is 30.3 Å². The van der Waals surface area contributed by atoms with Gasteiger partial charge in [0.1, 0.15) is 18.2 Å². The number of nitrogens with zero attached hydrogens (tertiary/aromatic N) is 2. The third kappa shape index (κ3) is 5.22. The highest BCUT2D eigenvalue weighted by Gasteiger charge is 2.33. The van der Waals surface area contributed by atoms with Gasteiger partial charge in [-0.3, -0.25) is 4.79 Å². The Kier molecular flexibility index (Phi) is 7.77. The smallest absolute Gasteiger partial charge is 0.225 e. The number of hydrogen-bond acceptors (Lipinski definition) is 4. The standard InChI is InChI=1S/C28H37FN2O3/c1-19-17-27(34-16-15-33-4)21(3)26-18-22(5-10-25(19)26)20(2)28(32)31-13-11-30(12-14-31)24-8-6-23(29)7-9-24/h6-9,17,20,22H,5,10-16,18H2,1-4H3. The first-order valence-electron chi connectivity index (χ1n) is 12.4. The number of carbonyl (C=O) groups excluding carboxylic acids is 1. The van der Waals surface area contributed by atoms with Crippen molar-refractivity contribution in [3.05, 3.63) is 58.4 Å². The topological polar surface area (TPSA) is 42.0 Å². The molecule has 34 heavy (non-hydrogen) atoms. The van der Waals surface area contributed by atoms with E-state index in [1.807, 2.05) is 17.0 Å².